The number of rotatable bonds is 37. The Labute approximate surface area is 329 Å². The summed E-state index contributed by atoms with van der Waals surface area (Å²) in [6, 6.07) is 0. The summed E-state index contributed by atoms with van der Waals surface area (Å²) in [5, 5.41) is 0. The maximum absolute atomic E-state index is 12.6. The minimum atomic E-state index is -4.30. The van der Waals surface area contributed by atoms with E-state index in [0.29, 0.717) is 6.61 Å². The Morgan fingerprint density at radius 1 is 0.556 bits per heavy atom. The maximum atomic E-state index is 12.6. The molecular formula is C45H74NO7P. The molecular weight excluding hydrogens is 697 g/mol. The number of ether oxygens (including phenoxy) is 2. The second-order valence-corrected chi connectivity index (χ2v) is 14.2. The highest BCUT2D eigenvalue weighted by molar-refractivity contribution is 7.47. The molecule has 0 aliphatic rings. The van der Waals surface area contributed by atoms with Gasteiger partial charge in [0.1, 0.15) is 6.10 Å². The number of carbonyl (C=O) groups excluding carboxylic acids is 1. The molecule has 0 radical (unpaired) electrons. The summed E-state index contributed by atoms with van der Waals surface area (Å²) < 4.78 is 33.3. The van der Waals surface area contributed by atoms with Gasteiger partial charge in [-0.25, -0.2) is 4.57 Å². The van der Waals surface area contributed by atoms with Crippen LogP contribution in [-0.2, 0) is 27.9 Å². The van der Waals surface area contributed by atoms with E-state index in [9.17, 15) is 14.3 Å². The topological polar surface area (TPSA) is 117 Å². The lowest BCUT2D eigenvalue weighted by atomic mass is 10.1. The smallest absolute Gasteiger partial charge is 0.457 e. The second-order valence-electron chi connectivity index (χ2n) is 12.7. The zero-order valence-corrected chi connectivity index (χ0v) is 34.5. The van der Waals surface area contributed by atoms with Crippen LogP contribution in [0.5, 0.6) is 0 Å². The first kappa shape index (κ1) is 51.2. The Bertz CT molecular complexity index is 1180. The lowest BCUT2D eigenvalue weighted by molar-refractivity contribution is -0.154. The molecule has 0 amide bonds. The van der Waals surface area contributed by atoms with Crippen LogP contribution in [0.25, 0.3) is 0 Å². The third-order valence-electron chi connectivity index (χ3n) is 7.69. The Balaban J connectivity index is 4.21. The molecule has 8 nitrogen and oxygen atoms in total. The predicted molar refractivity (Wildman–Crippen MR) is 228 cm³/mol. The average molecular weight is 772 g/mol. The van der Waals surface area contributed by atoms with Crippen LogP contribution < -0.4 is 5.73 Å². The summed E-state index contributed by atoms with van der Waals surface area (Å²) in [6.45, 7) is 4.47. The van der Waals surface area contributed by atoms with Crippen molar-refractivity contribution >= 4 is 13.8 Å². The third kappa shape index (κ3) is 40.3. The van der Waals surface area contributed by atoms with Crippen molar-refractivity contribution in [2.45, 2.75) is 136 Å². The SMILES string of the molecule is CC/C=C\C/C=C\C/C=C\C/C=C\C/C=C\CCCCCCCC(=O)OC(COCCC/C=C\C/C=C\C/C=C\C/C=C\CC)COP(=O)(O)OCCN. The van der Waals surface area contributed by atoms with Gasteiger partial charge in [0.2, 0.25) is 0 Å². The molecule has 3 N–H and O–H groups in total. The fourth-order valence-electron chi connectivity index (χ4n) is 4.79. The lowest BCUT2D eigenvalue weighted by Crippen LogP contribution is -2.28. The van der Waals surface area contributed by atoms with E-state index in [1.54, 1.807) is 0 Å². The molecule has 2 atom stereocenters. The van der Waals surface area contributed by atoms with E-state index in [0.717, 1.165) is 109 Å². The molecule has 0 heterocycles. The molecule has 0 aromatic heterocycles. The monoisotopic (exact) mass is 772 g/mol. The van der Waals surface area contributed by atoms with E-state index < -0.39 is 13.9 Å². The fraction of sp³-hybridized carbons (Fsp3) is 0.578. The number of carbonyl (C=O) groups is 1. The summed E-state index contributed by atoms with van der Waals surface area (Å²) in [6.07, 6.45) is 55.5. The molecule has 306 valence electrons. The third-order valence-corrected chi connectivity index (χ3v) is 8.67. The van der Waals surface area contributed by atoms with Crippen LogP contribution in [0.2, 0.25) is 0 Å². The molecule has 0 saturated heterocycles. The van der Waals surface area contributed by atoms with Crippen molar-refractivity contribution in [1.82, 2.24) is 0 Å². The first-order valence-electron chi connectivity index (χ1n) is 20.4. The zero-order chi connectivity index (χ0) is 39.5. The summed E-state index contributed by atoms with van der Waals surface area (Å²) in [7, 11) is -4.30. The largest absolute Gasteiger partial charge is 0.472 e. The van der Waals surface area contributed by atoms with Crippen molar-refractivity contribution in [3.63, 3.8) is 0 Å². The maximum Gasteiger partial charge on any atom is 0.472 e. The van der Waals surface area contributed by atoms with Gasteiger partial charge in [0.05, 0.1) is 19.8 Å². The zero-order valence-electron chi connectivity index (χ0n) is 33.7. The van der Waals surface area contributed by atoms with Crippen LogP contribution >= 0.6 is 7.82 Å². The van der Waals surface area contributed by atoms with Crippen LogP contribution in [0.3, 0.4) is 0 Å². The van der Waals surface area contributed by atoms with Crippen molar-refractivity contribution < 1.29 is 32.8 Å². The molecule has 0 aliphatic carbocycles. The minimum absolute atomic E-state index is 0.0621. The number of esters is 1. The summed E-state index contributed by atoms with van der Waals surface area (Å²) in [5.41, 5.74) is 5.35. The Morgan fingerprint density at radius 3 is 1.46 bits per heavy atom. The van der Waals surface area contributed by atoms with E-state index in [1.807, 2.05) is 0 Å². The van der Waals surface area contributed by atoms with Gasteiger partial charge in [0.15, 0.2) is 0 Å². The quantitative estimate of drug-likeness (QED) is 0.0277. The van der Waals surface area contributed by atoms with Gasteiger partial charge in [-0.2, -0.15) is 0 Å². The molecule has 0 aromatic carbocycles. The van der Waals surface area contributed by atoms with E-state index >= 15 is 0 Å². The van der Waals surface area contributed by atoms with Gasteiger partial charge in [-0.05, 0) is 89.9 Å². The van der Waals surface area contributed by atoms with Crippen LogP contribution in [-0.4, -0.2) is 49.9 Å². The molecule has 0 saturated carbocycles. The van der Waals surface area contributed by atoms with E-state index in [4.69, 9.17) is 24.3 Å². The number of phosphoric acid groups is 1. The number of phosphoric ester groups is 1. The Hall–Kier alpha value is -2.84. The molecule has 0 bridgehead atoms. The van der Waals surface area contributed by atoms with E-state index in [1.165, 1.54) is 0 Å². The number of allylic oxidation sites excluding steroid dienone is 18. The predicted octanol–water partition coefficient (Wildman–Crippen LogP) is 12.1. The van der Waals surface area contributed by atoms with Crippen LogP contribution in [0.1, 0.15) is 129 Å². The highest BCUT2D eigenvalue weighted by Crippen LogP contribution is 2.43. The van der Waals surface area contributed by atoms with Crippen molar-refractivity contribution in [1.29, 1.82) is 0 Å². The van der Waals surface area contributed by atoms with Crippen molar-refractivity contribution in [2.24, 2.45) is 5.73 Å². The van der Waals surface area contributed by atoms with Gasteiger partial charge < -0.3 is 20.1 Å². The van der Waals surface area contributed by atoms with E-state index in [-0.39, 0.29) is 38.8 Å². The first-order valence-corrected chi connectivity index (χ1v) is 21.9. The van der Waals surface area contributed by atoms with Crippen LogP contribution in [0.4, 0.5) is 0 Å². The Kier molecular flexibility index (Phi) is 39.2. The molecule has 54 heavy (non-hydrogen) atoms. The summed E-state index contributed by atoms with van der Waals surface area (Å²) in [4.78, 5) is 22.4. The number of hydrogen-bond donors (Lipinski definition) is 2. The van der Waals surface area contributed by atoms with Gasteiger partial charge in [-0.3, -0.25) is 13.8 Å². The normalized spacial score (nSPS) is 14.7. The number of unbranched alkanes of at least 4 members (excludes halogenated alkanes) is 6. The van der Waals surface area contributed by atoms with Gasteiger partial charge in [-0.15, -0.1) is 0 Å². The van der Waals surface area contributed by atoms with Gasteiger partial charge in [0.25, 0.3) is 0 Å². The standard InChI is InChI=1S/C45H74NO7P/c1-3-5-7-9-11-13-15-17-19-20-21-22-23-24-25-26-28-30-32-34-36-38-45(47)53-44(43-52-54(48,49)51-41-39-46)42-50-40-37-35-33-31-29-27-18-16-14-12-10-8-6-4-2/h5-8,11-14,17-19,21-22,24-25,27,31,33,44H,3-4,9-10,15-16,20,23,26,28-30,32,34-43,46H2,1-2H3,(H,48,49)/b7-5-,8-6-,13-11-,14-12-,19-17-,22-21-,25-24-,27-18-,33-31-. The minimum Gasteiger partial charge on any atom is -0.457 e. The van der Waals surface area contributed by atoms with Gasteiger partial charge >= 0.3 is 13.8 Å². The number of hydrogen-bond acceptors (Lipinski definition) is 7. The Morgan fingerprint density at radius 2 is 0.981 bits per heavy atom. The lowest BCUT2D eigenvalue weighted by Gasteiger charge is -2.20. The highest BCUT2D eigenvalue weighted by atomic mass is 31.2. The molecule has 0 aromatic rings. The molecule has 0 aliphatic heterocycles. The van der Waals surface area contributed by atoms with Crippen molar-refractivity contribution in [3.8, 4) is 0 Å². The fourth-order valence-corrected chi connectivity index (χ4v) is 5.55. The molecule has 2 unspecified atom stereocenters. The van der Waals surface area contributed by atoms with Crippen LogP contribution in [0.15, 0.2) is 109 Å². The van der Waals surface area contributed by atoms with Gasteiger partial charge in [-0.1, -0.05) is 142 Å². The highest BCUT2D eigenvalue weighted by Gasteiger charge is 2.25. The summed E-state index contributed by atoms with van der Waals surface area (Å²) >= 11 is 0. The molecule has 0 spiro atoms. The second kappa shape index (κ2) is 41.3. The summed E-state index contributed by atoms with van der Waals surface area (Å²) in [5.74, 6) is -0.374. The number of nitrogens with two attached hydrogens (primary N) is 1. The van der Waals surface area contributed by atoms with Crippen molar-refractivity contribution in [3.05, 3.63) is 109 Å². The first-order chi connectivity index (χ1) is 26.4. The molecule has 0 rings (SSSR count). The van der Waals surface area contributed by atoms with Crippen LogP contribution in [0, 0.1) is 0 Å². The molecule has 0 fully saturated rings. The van der Waals surface area contributed by atoms with Gasteiger partial charge in [0, 0.05) is 19.6 Å². The van der Waals surface area contributed by atoms with Crippen molar-refractivity contribution in [2.75, 3.05) is 33.0 Å². The molecule has 9 heteroatoms. The van der Waals surface area contributed by atoms with E-state index in [2.05, 4.69) is 123 Å². The average Bonchev–Trinajstić information content (AvgIpc) is 3.16.